The highest BCUT2D eigenvalue weighted by Gasteiger charge is 2.21. The molecule has 1 unspecified atom stereocenters. The Bertz CT molecular complexity index is 756. The van der Waals surface area contributed by atoms with Gasteiger partial charge >= 0.3 is 0 Å². The number of fused-ring (bicyclic) bond motifs is 1. The first kappa shape index (κ1) is 18.5. The Morgan fingerprint density at radius 2 is 2.12 bits per heavy atom. The zero-order chi connectivity index (χ0) is 18.4. The molecule has 1 amide bonds. The van der Waals surface area contributed by atoms with Gasteiger partial charge in [0.1, 0.15) is 6.54 Å². The molecular weight excluding hydrogens is 344 g/mol. The van der Waals surface area contributed by atoms with Crippen LogP contribution < -0.4 is 10.6 Å². The van der Waals surface area contributed by atoms with E-state index >= 15 is 0 Å². The number of aliphatic imine (C=N–C) groups is 1. The van der Waals surface area contributed by atoms with Crippen molar-refractivity contribution in [3.8, 4) is 0 Å². The predicted molar refractivity (Wildman–Crippen MR) is 107 cm³/mol. The van der Waals surface area contributed by atoms with Crippen molar-refractivity contribution in [2.45, 2.75) is 32.9 Å². The summed E-state index contributed by atoms with van der Waals surface area (Å²) in [5.41, 5.74) is 2.46. The molecule has 2 aromatic rings. The lowest BCUT2D eigenvalue weighted by atomic mass is 10.1. The number of thiophene rings is 1. The maximum absolute atomic E-state index is 12.6. The van der Waals surface area contributed by atoms with Crippen molar-refractivity contribution < 1.29 is 4.79 Å². The van der Waals surface area contributed by atoms with Crippen molar-refractivity contribution in [2.75, 3.05) is 19.6 Å². The quantitative estimate of drug-likeness (QED) is 0.628. The largest absolute Gasteiger partial charge is 0.357 e. The molecular formula is C20H26N4OS. The second-order valence-electron chi connectivity index (χ2n) is 6.41. The molecule has 0 aliphatic carbocycles. The molecule has 2 heterocycles. The number of amides is 1. The summed E-state index contributed by atoms with van der Waals surface area (Å²) in [5, 5.41) is 8.70. The molecule has 1 aromatic carbocycles. The molecule has 0 bridgehead atoms. The van der Waals surface area contributed by atoms with Crippen LogP contribution in [0.1, 0.15) is 35.9 Å². The molecule has 6 heteroatoms. The molecule has 3 rings (SSSR count). The SMILES string of the molecule is CCNC(=NCC(=O)N1CCc2sccc2C1)NC(C)c1ccccc1. The third-order valence-corrected chi connectivity index (χ3v) is 5.55. The van der Waals surface area contributed by atoms with Gasteiger partial charge in [-0.2, -0.15) is 0 Å². The zero-order valence-electron chi connectivity index (χ0n) is 15.4. The molecule has 1 atom stereocenters. The fourth-order valence-corrected chi connectivity index (χ4v) is 3.95. The standard InChI is InChI=1S/C20H26N4OS/c1-3-21-20(23-15(2)16-7-5-4-6-8-16)22-13-19(25)24-11-9-18-17(14-24)10-12-26-18/h4-8,10,12,15H,3,9,11,13-14H2,1-2H3,(H2,21,22,23). The zero-order valence-corrected chi connectivity index (χ0v) is 16.2. The molecule has 2 N–H and O–H groups in total. The van der Waals surface area contributed by atoms with Crippen LogP contribution in [0.3, 0.4) is 0 Å². The topological polar surface area (TPSA) is 56.7 Å². The van der Waals surface area contributed by atoms with Crippen LogP contribution in [0.15, 0.2) is 46.8 Å². The molecule has 0 fully saturated rings. The molecule has 1 aromatic heterocycles. The van der Waals surface area contributed by atoms with Crippen molar-refractivity contribution >= 4 is 23.2 Å². The summed E-state index contributed by atoms with van der Waals surface area (Å²) in [4.78, 5) is 20.4. The van der Waals surface area contributed by atoms with Gasteiger partial charge in [0.05, 0.1) is 6.04 Å². The highest BCUT2D eigenvalue weighted by molar-refractivity contribution is 7.10. The average molecular weight is 371 g/mol. The van der Waals surface area contributed by atoms with Crippen molar-refractivity contribution in [1.82, 2.24) is 15.5 Å². The summed E-state index contributed by atoms with van der Waals surface area (Å²) in [6.07, 6.45) is 0.950. The van der Waals surface area contributed by atoms with Gasteiger partial charge in [-0.1, -0.05) is 30.3 Å². The van der Waals surface area contributed by atoms with E-state index in [2.05, 4.69) is 46.1 Å². The molecule has 0 saturated heterocycles. The molecule has 1 aliphatic heterocycles. The van der Waals surface area contributed by atoms with Crippen LogP contribution in [0, 0.1) is 0 Å². The van der Waals surface area contributed by atoms with E-state index in [-0.39, 0.29) is 18.5 Å². The van der Waals surface area contributed by atoms with Gasteiger partial charge in [0.15, 0.2) is 5.96 Å². The predicted octanol–water partition coefficient (Wildman–Crippen LogP) is 2.95. The fourth-order valence-electron chi connectivity index (χ4n) is 3.06. The van der Waals surface area contributed by atoms with Crippen molar-refractivity contribution in [3.05, 3.63) is 57.8 Å². The molecule has 1 aliphatic rings. The van der Waals surface area contributed by atoms with Crippen LogP contribution in [0.5, 0.6) is 0 Å². The van der Waals surface area contributed by atoms with Gasteiger partial charge in [0.2, 0.25) is 5.91 Å². The number of carbonyl (C=O) groups excluding carboxylic acids is 1. The number of hydrogen-bond donors (Lipinski definition) is 2. The number of benzene rings is 1. The number of hydrogen-bond acceptors (Lipinski definition) is 3. The Balaban J connectivity index is 1.59. The lowest BCUT2D eigenvalue weighted by Crippen LogP contribution is -2.41. The first-order valence-corrected chi connectivity index (χ1v) is 9.98. The second kappa shape index (κ2) is 8.85. The summed E-state index contributed by atoms with van der Waals surface area (Å²) in [6, 6.07) is 12.5. The normalized spacial score (nSPS) is 15.3. The lowest BCUT2D eigenvalue weighted by molar-refractivity contribution is -0.130. The smallest absolute Gasteiger partial charge is 0.244 e. The van der Waals surface area contributed by atoms with E-state index in [1.807, 2.05) is 30.0 Å². The number of guanidine groups is 1. The Labute approximate surface area is 159 Å². The van der Waals surface area contributed by atoms with Crippen LogP contribution >= 0.6 is 11.3 Å². The van der Waals surface area contributed by atoms with Crippen molar-refractivity contribution in [3.63, 3.8) is 0 Å². The summed E-state index contributed by atoms with van der Waals surface area (Å²) < 4.78 is 0. The van der Waals surface area contributed by atoms with E-state index in [0.29, 0.717) is 12.5 Å². The second-order valence-corrected chi connectivity index (χ2v) is 7.41. The highest BCUT2D eigenvalue weighted by atomic mass is 32.1. The molecule has 0 spiro atoms. The molecule has 26 heavy (non-hydrogen) atoms. The van der Waals surface area contributed by atoms with Gasteiger partial charge in [-0.25, -0.2) is 4.99 Å². The summed E-state index contributed by atoms with van der Waals surface area (Å²) >= 11 is 1.78. The van der Waals surface area contributed by atoms with Crippen LogP contribution in [0.25, 0.3) is 0 Å². The summed E-state index contributed by atoms with van der Waals surface area (Å²) in [6.45, 7) is 6.52. The Kier molecular flexibility index (Phi) is 6.28. The fraction of sp³-hybridized carbons (Fsp3) is 0.400. The van der Waals surface area contributed by atoms with Crippen LogP contribution in [0.2, 0.25) is 0 Å². The summed E-state index contributed by atoms with van der Waals surface area (Å²) in [5.74, 6) is 0.747. The Morgan fingerprint density at radius 1 is 1.31 bits per heavy atom. The minimum absolute atomic E-state index is 0.0754. The minimum Gasteiger partial charge on any atom is -0.357 e. The third-order valence-electron chi connectivity index (χ3n) is 4.53. The number of nitrogens with one attached hydrogen (secondary N) is 2. The maximum Gasteiger partial charge on any atom is 0.244 e. The van der Waals surface area contributed by atoms with E-state index in [1.165, 1.54) is 16.0 Å². The third kappa shape index (κ3) is 4.64. The molecule has 138 valence electrons. The van der Waals surface area contributed by atoms with E-state index in [1.54, 1.807) is 11.3 Å². The van der Waals surface area contributed by atoms with Gasteiger partial charge in [-0.05, 0) is 42.8 Å². The molecule has 0 radical (unpaired) electrons. The van der Waals surface area contributed by atoms with Gasteiger partial charge in [-0.15, -0.1) is 11.3 Å². The molecule has 0 saturated carbocycles. The number of rotatable bonds is 5. The monoisotopic (exact) mass is 370 g/mol. The minimum atomic E-state index is 0.0754. The van der Waals surface area contributed by atoms with E-state index in [9.17, 15) is 4.79 Å². The van der Waals surface area contributed by atoms with E-state index in [4.69, 9.17) is 0 Å². The first-order valence-electron chi connectivity index (χ1n) is 9.10. The first-order chi connectivity index (χ1) is 12.7. The van der Waals surface area contributed by atoms with Crippen LogP contribution in [0.4, 0.5) is 0 Å². The van der Waals surface area contributed by atoms with Gasteiger partial charge in [0, 0.05) is 24.5 Å². The average Bonchev–Trinajstić information content (AvgIpc) is 3.14. The Hall–Kier alpha value is -2.34. The highest BCUT2D eigenvalue weighted by Crippen LogP contribution is 2.23. The van der Waals surface area contributed by atoms with Gasteiger partial charge in [0.25, 0.3) is 0 Å². The van der Waals surface area contributed by atoms with Gasteiger partial charge in [-0.3, -0.25) is 4.79 Å². The maximum atomic E-state index is 12.6. The van der Waals surface area contributed by atoms with Crippen LogP contribution in [-0.4, -0.2) is 36.4 Å². The van der Waals surface area contributed by atoms with E-state index < -0.39 is 0 Å². The van der Waals surface area contributed by atoms with Crippen molar-refractivity contribution in [2.24, 2.45) is 4.99 Å². The van der Waals surface area contributed by atoms with Gasteiger partial charge < -0.3 is 15.5 Å². The molecule has 5 nitrogen and oxygen atoms in total. The number of carbonyl (C=O) groups is 1. The van der Waals surface area contributed by atoms with Crippen LogP contribution in [-0.2, 0) is 17.8 Å². The number of nitrogens with zero attached hydrogens (tertiary/aromatic N) is 2. The lowest BCUT2D eigenvalue weighted by Gasteiger charge is -2.26. The van der Waals surface area contributed by atoms with E-state index in [0.717, 1.165) is 19.5 Å². The summed E-state index contributed by atoms with van der Waals surface area (Å²) in [7, 11) is 0. The Morgan fingerprint density at radius 3 is 2.88 bits per heavy atom. The van der Waals surface area contributed by atoms with Crippen molar-refractivity contribution in [1.29, 1.82) is 0 Å².